The normalized spacial score (nSPS) is 18.9. The number of aromatic nitrogens is 2. The SMILES string of the molecule is CCC(CC)C(=O)N1CCCC(Oc2ccnc(C)n2)C1. The van der Waals surface area contributed by atoms with E-state index in [4.69, 9.17) is 4.74 Å². The quantitative estimate of drug-likeness (QED) is 0.836. The van der Waals surface area contributed by atoms with E-state index in [1.807, 2.05) is 11.8 Å². The molecule has 1 aromatic heterocycles. The Bertz CT molecular complexity index is 474. The molecule has 0 radical (unpaired) electrons. The Balaban J connectivity index is 1.96. The summed E-state index contributed by atoms with van der Waals surface area (Å²) in [5.74, 6) is 1.72. The Labute approximate surface area is 126 Å². The monoisotopic (exact) mass is 291 g/mol. The maximum atomic E-state index is 12.5. The van der Waals surface area contributed by atoms with Gasteiger partial charge in [-0.15, -0.1) is 0 Å². The molecule has 5 heteroatoms. The highest BCUT2D eigenvalue weighted by Crippen LogP contribution is 2.20. The van der Waals surface area contributed by atoms with E-state index < -0.39 is 0 Å². The van der Waals surface area contributed by atoms with Gasteiger partial charge in [0.15, 0.2) is 0 Å². The number of piperidine rings is 1. The zero-order chi connectivity index (χ0) is 15.2. The first-order chi connectivity index (χ1) is 10.1. The van der Waals surface area contributed by atoms with Gasteiger partial charge in [0.05, 0.1) is 6.54 Å². The Morgan fingerprint density at radius 2 is 2.24 bits per heavy atom. The largest absolute Gasteiger partial charge is 0.472 e. The van der Waals surface area contributed by atoms with Crippen molar-refractivity contribution < 1.29 is 9.53 Å². The molecule has 1 aliphatic heterocycles. The Morgan fingerprint density at radius 3 is 2.90 bits per heavy atom. The molecule has 0 saturated carbocycles. The van der Waals surface area contributed by atoms with E-state index in [2.05, 4.69) is 23.8 Å². The van der Waals surface area contributed by atoms with Gasteiger partial charge in [-0.1, -0.05) is 13.8 Å². The molecule has 1 atom stereocenters. The fourth-order valence-corrected chi connectivity index (χ4v) is 2.80. The van der Waals surface area contributed by atoms with Crippen LogP contribution in [0.4, 0.5) is 0 Å². The van der Waals surface area contributed by atoms with Gasteiger partial charge in [0.25, 0.3) is 0 Å². The molecule has 0 bridgehead atoms. The van der Waals surface area contributed by atoms with Gasteiger partial charge in [-0.25, -0.2) is 4.98 Å². The zero-order valence-electron chi connectivity index (χ0n) is 13.2. The van der Waals surface area contributed by atoms with E-state index in [0.717, 1.165) is 32.2 Å². The van der Waals surface area contributed by atoms with E-state index in [0.29, 0.717) is 18.2 Å². The van der Waals surface area contributed by atoms with Crippen LogP contribution < -0.4 is 4.74 Å². The minimum Gasteiger partial charge on any atom is -0.472 e. The molecule has 21 heavy (non-hydrogen) atoms. The van der Waals surface area contributed by atoms with E-state index >= 15 is 0 Å². The van der Waals surface area contributed by atoms with Crippen LogP contribution in [0.3, 0.4) is 0 Å². The highest BCUT2D eigenvalue weighted by atomic mass is 16.5. The molecule has 0 N–H and O–H groups in total. The number of carbonyl (C=O) groups excluding carboxylic acids is 1. The molecular formula is C16H25N3O2. The minimum absolute atomic E-state index is 0.0337. The summed E-state index contributed by atoms with van der Waals surface area (Å²) in [7, 11) is 0. The van der Waals surface area contributed by atoms with Crippen LogP contribution in [-0.4, -0.2) is 40.0 Å². The van der Waals surface area contributed by atoms with E-state index in [1.165, 1.54) is 0 Å². The number of aryl methyl sites for hydroxylation is 1. The number of amides is 1. The summed E-state index contributed by atoms with van der Waals surface area (Å²) in [5, 5.41) is 0. The summed E-state index contributed by atoms with van der Waals surface area (Å²) >= 11 is 0. The van der Waals surface area contributed by atoms with Gasteiger partial charge in [0, 0.05) is 24.7 Å². The first-order valence-corrected chi connectivity index (χ1v) is 7.89. The minimum atomic E-state index is 0.0337. The highest BCUT2D eigenvalue weighted by molar-refractivity contribution is 5.78. The Morgan fingerprint density at radius 1 is 1.48 bits per heavy atom. The molecule has 0 aliphatic carbocycles. The molecule has 2 heterocycles. The van der Waals surface area contributed by atoms with Crippen LogP contribution in [0.5, 0.6) is 5.88 Å². The average Bonchev–Trinajstić information content (AvgIpc) is 2.48. The third-order valence-electron chi connectivity index (χ3n) is 4.06. The first-order valence-electron chi connectivity index (χ1n) is 7.89. The maximum Gasteiger partial charge on any atom is 0.225 e. The lowest BCUT2D eigenvalue weighted by Gasteiger charge is -2.34. The third kappa shape index (κ3) is 4.16. The second-order valence-corrected chi connectivity index (χ2v) is 5.62. The lowest BCUT2D eigenvalue weighted by Crippen LogP contribution is -2.46. The molecule has 116 valence electrons. The van der Waals surface area contributed by atoms with Gasteiger partial charge >= 0.3 is 0 Å². The first kappa shape index (κ1) is 15.7. The number of nitrogens with zero attached hydrogens (tertiary/aromatic N) is 3. The number of hydrogen-bond acceptors (Lipinski definition) is 4. The molecule has 1 aliphatic rings. The third-order valence-corrected chi connectivity index (χ3v) is 4.06. The Kier molecular flexibility index (Phi) is 5.53. The lowest BCUT2D eigenvalue weighted by molar-refractivity contribution is -0.138. The predicted octanol–water partition coefficient (Wildman–Crippen LogP) is 2.59. The standard InChI is InChI=1S/C16H25N3O2/c1-4-13(5-2)16(20)19-10-6-7-14(11-19)21-15-8-9-17-12(3)18-15/h8-9,13-14H,4-7,10-11H2,1-3H3. The van der Waals surface area contributed by atoms with Crippen molar-refractivity contribution in [2.75, 3.05) is 13.1 Å². The van der Waals surface area contributed by atoms with Gasteiger partial charge in [-0.05, 0) is 32.6 Å². The summed E-state index contributed by atoms with van der Waals surface area (Å²) in [6.07, 6.45) is 5.50. The highest BCUT2D eigenvalue weighted by Gasteiger charge is 2.28. The molecular weight excluding hydrogens is 266 g/mol. The van der Waals surface area contributed by atoms with Gasteiger partial charge in [0.2, 0.25) is 11.8 Å². The summed E-state index contributed by atoms with van der Waals surface area (Å²) in [6.45, 7) is 7.51. The number of rotatable bonds is 5. The number of likely N-dealkylation sites (tertiary alicyclic amines) is 1. The van der Waals surface area contributed by atoms with Gasteiger partial charge in [-0.2, -0.15) is 4.98 Å². The van der Waals surface area contributed by atoms with Crippen molar-refractivity contribution in [2.45, 2.75) is 52.6 Å². The second-order valence-electron chi connectivity index (χ2n) is 5.62. The van der Waals surface area contributed by atoms with Crippen molar-refractivity contribution >= 4 is 5.91 Å². The zero-order valence-corrected chi connectivity index (χ0v) is 13.2. The molecule has 1 amide bonds. The van der Waals surface area contributed by atoms with Gasteiger partial charge in [0.1, 0.15) is 11.9 Å². The lowest BCUT2D eigenvalue weighted by atomic mass is 9.99. The van der Waals surface area contributed by atoms with Crippen LogP contribution in [-0.2, 0) is 4.79 Å². The summed E-state index contributed by atoms with van der Waals surface area (Å²) < 4.78 is 5.92. The maximum absolute atomic E-state index is 12.5. The predicted molar refractivity (Wildman–Crippen MR) is 81.1 cm³/mol. The van der Waals surface area contributed by atoms with Crippen LogP contribution in [0.15, 0.2) is 12.3 Å². The second kappa shape index (κ2) is 7.38. The van der Waals surface area contributed by atoms with Crippen molar-refractivity contribution in [1.82, 2.24) is 14.9 Å². The summed E-state index contributed by atoms with van der Waals surface area (Å²) in [4.78, 5) is 22.7. The molecule has 1 saturated heterocycles. The van der Waals surface area contributed by atoms with Crippen molar-refractivity contribution in [3.8, 4) is 5.88 Å². The molecule has 0 aromatic carbocycles. The van der Waals surface area contributed by atoms with Crippen molar-refractivity contribution in [1.29, 1.82) is 0 Å². The number of ether oxygens (including phenoxy) is 1. The van der Waals surface area contributed by atoms with Crippen LogP contribution in [0.1, 0.15) is 45.4 Å². The summed E-state index contributed by atoms with van der Waals surface area (Å²) in [6, 6.07) is 1.77. The van der Waals surface area contributed by atoms with Gasteiger partial charge < -0.3 is 9.64 Å². The fourth-order valence-electron chi connectivity index (χ4n) is 2.80. The topological polar surface area (TPSA) is 55.3 Å². The molecule has 0 spiro atoms. The van der Waals surface area contributed by atoms with Gasteiger partial charge in [-0.3, -0.25) is 4.79 Å². The molecule has 1 unspecified atom stereocenters. The van der Waals surface area contributed by atoms with Crippen molar-refractivity contribution in [3.05, 3.63) is 18.1 Å². The van der Waals surface area contributed by atoms with Crippen LogP contribution in [0.25, 0.3) is 0 Å². The summed E-state index contributed by atoms with van der Waals surface area (Å²) in [5.41, 5.74) is 0. The van der Waals surface area contributed by atoms with Crippen molar-refractivity contribution in [3.63, 3.8) is 0 Å². The van der Waals surface area contributed by atoms with Crippen LogP contribution in [0, 0.1) is 12.8 Å². The number of carbonyl (C=O) groups is 1. The fraction of sp³-hybridized carbons (Fsp3) is 0.688. The van der Waals surface area contributed by atoms with E-state index in [-0.39, 0.29) is 17.9 Å². The molecule has 2 rings (SSSR count). The van der Waals surface area contributed by atoms with Crippen LogP contribution in [0.2, 0.25) is 0 Å². The average molecular weight is 291 g/mol. The van der Waals surface area contributed by atoms with Crippen LogP contribution >= 0.6 is 0 Å². The molecule has 1 fully saturated rings. The molecule has 5 nitrogen and oxygen atoms in total. The number of hydrogen-bond donors (Lipinski definition) is 0. The van der Waals surface area contributed by atoms with E-state index in [1.54, 1.807) is 12.3 Å². The smallest absolute Gasteiger partial charge is 0.225 e. The van der Waals surface area contributed by atoms with E-state index in [9.17, 15) is 4.79 Å². The van der Waals surface area contributed by atoms with Crippen molar-refractivity contribution in [2.24, 2.45) is 5.92 Å². The Hall–Kier alpha value is -1.65. The molecule has 1 aromatic rings.